The molecule has 0 fully saturated rings. The molecule has 0 aliphatic carbocycles. The Kier molecular flexibility index (Phi) is 7.93. The predicted octanol–water partition coefficient (Wildman–Crippen LogP) is 3.90. The van der Waals surface area contributed by atoms with Crippen LogP contribution in [-0.2, 0) is 19.1 Å². The topological polar surface area (TPSA) is 52.6 Å². The van der Waals surface area contributed by atoms with Crippen LogP contribution in [0.15, 0.2) is 34.6 Å². The number of rotatable bonds is 5. The average Bonchev–Trinajstić information content (AvgIpc) is 3.22. The summed E-state index contributed by atoms with van der Waals surface area (Å²) in [5.74, 6) is 0.541. The lowest BCUT2D eigenvalue weighted by Gasteiger charge is -2.25. The van der Waals surface area contributed by atoms with Crippen molar-refractivity contribution in [3.05, 3.63) is 45.9 Å². The number of para-hydroxylation sites is 1. The molecule has 0 saturated carbocycles. The van der Waals surface area contributed by atoms with Gasteiger partial charge in [0, 0.05) is 37.2 Å². The smallest absolute Gasteiger partial charge is 0.367 e. The van der Waals surface area contributed by atoms with Gasteiger partial charge in [-0.15, -0.1) is 35.3 Å². The number of aromatic nitrogens is 1. The van der Waals surface area contributed by atoms with Crippen LogP contribution in [-0.4, -0.2) is 37.1 Å². The molecule has 1 unspecified atom stereocenters. The van der Waals surface area contributed by atoms with E-state index in [9.17, 15) is 13.2 Å². The third kappa shape index (κ3) is 5.49. The zero-order chi connectivity index (χ0) is 19.4. The maximum atomic E-state index is 12.6. The Bertz CT molecular complexity index is 809. The molecule has 1 atom stereocenters. The van der Waals surface area contributed by atoms with Crippen molar-refractivity contribution in [1.29, 1.82) is 0 Å². The molecule has 1 aromatic heterocycles. The van der Waals surface area contributed by atoms with Gasteiger partial charge < -0.3 is 15.5 Å². The zero-order valence-corrected chi connectivity index (χ0v) is 18.7. The fourth-order valence-electron chi connectivity index (χ4n) is 3.17. The second-order valence-electron chi connectivity index (χ2n) is 6.35. The van der Waals surface area contributed by atoms with Crippen molar-refractivity contribution in [2.45, 2.75) is 32.1 Å². The van der Waals surface area contributed by atoms with E-state index in [1.165, 1.54) is 11.3 Å². The van der Waals surface area contributed by atoms with Crippen molar-refractivity contribution in [2.75, 3.05) is 25.0 Å². The maximum Gasteiger partial charge on any atom is 0.434 e. The maximum absolute atomic E-state index is 12.6. The number of nitrogens with one attached hydrogen (secondary N) is 2. The SMILES string of the molecule is CN=C(NCCN1c2ccccc2CC1C)NCc1nc(C(F)(F)F)cs1.I. The van der Waals surface area contributed by atoms with Gasteiger partial charge in [-0.1, -0.05) is 18.2 Å². The lowest BCUT2D eigenvalue weighted by atomic mass is 10.1. The number of guanidine groups is 1. The molecule has 10 heteroatoms. The zero-order valence-electron chi connectivity index (χ0n) is 15.6. The molecule has 2 N–H and O–H groups in total. The van der Waals surface area contributed by atoms with Gasteiger partial charge in [0.05, 0.1) is 6.54 Å². The third-order valence-corrected chi connectivity index (χ3v) is 5.32. The van der Waals surface area contributed by atoms with Gasteiger partial charge in [0.2, 0.25) is 0 Å². The second kappa shape index (κ2) is 9.77. The quantitative estimate of drug-likeness (QED) is 0.354. The Morgan fingerprint density at radius 3 is 2.75 bits per heavy atom. The molecule has 0 saturated heterocycles. The molecule has 0 bridgehead atoms. The van der Waals surface area contributed by atoms with Gasteiger partial charge in [0.25, 0.3) is 0 Å². The van der Waals surface area contributed by atoms with Crippen molar-refractivity contribution in [3.63, 3.8) is 0 Å². The van der Waals surface area contributed by atoms with E-state index in [0.29, 0.717) is 23.6 Å². The monoisotopic (exact) mass is 525 g/mol. The summed E-state index contributed by atoms with van der Waals surface area (Å²) in [4.78, 5) is 10.1. The van der Waals surface area contributed by atoms with Gasteiger partial charge >= 0.3 is 6.18 Å². The lowest BCUT2D eigenvalue weighted by Crippen LogP contribution is -2.42. The average molecular weight is 525 g/mol. The van der Waals surface area contributed by atoms with E-state index in [4.69, 9.17) is 0 Å². The summed E-state index contributed by atoms with van der Waals surface area (Å²) in [5.41, 5.74) is 1.77. The highest BCUT2D eigenvalue weighted by atomic mass is 127. The molecule has 0 radical (unpaired) electrons. The summed E-state index contributed by atoms with van der Waals surface area (Å²) < 4.78 is 37.8. The summed E-state index contributed by atoms with van der Waals surface area (Å²) in [5, 5.41) is 7.61. The number of anilines is 1. The third-order valence-electron chi connectivity index (χ3n) is 4.47. The predicted molar refractivity (Wildman–Crippen MR) is 118 cm³/mol. The number of thiazole rings is 1. The minimum absolute atomic E-state index is 0. The normalized spacial score (nSPS) is 16.5. The molecule has 1 aliphatic rings. The number of benzene rings is 1. The number of hydrogen-bond donors (Lipinski definition) is 2. The van der Waals surface area contributed by atoms with E-state index in [2.05, 4.69) is 50.6 Å². The van der Waals surface area contributed by atoms with Crippen molar-refractivity contribution in [1.82, 2.24) is 15.6 Å². The van der Waals surface area contributed by atoms with E-state index < -0.39 is 11.9 Å². The van der Waals surface area contributed by atoms with Crippen molar-refractivity contribution >= 4 is 47.0 Å². The van der Waals surface area contributed by atoms with Crippen LogP contribution < -0.4 is 15.5 Å². The summed E-state index contributed by atoms with van der Waals surface area (Å²) in [7, 11) is 1.63. The minimum Gasteiger partial charge on any atom is -0.367 e. The molecule has 0 spiro atoms. The van der Waals surface area contributed by atoms with Crippen LogP contribution in [0.2, 0.25) is 0 Å². The number of aliphatic imine (C=N–C) groups is 1. The first kappa shape index (κ1) is 22.7. The van der Waals surface area contributed by atoms with Gasteiger partial charge in [-0.2, -0.15) is 13.2 Å². The molecule has 5 nitrogen and oxygen atoms in total. The van der Waals surface area contributed by atoms with Crippen LogP contribution in [0.5, 0.6) is 0 Å². The van der Waals surface area contributed by atoms with Gasteiger partial charge in [-0.05, 0) is 25.0 Å². The Labute approximate surface area is 183 Å². The molecule has 1 aromatic carbocycles. The first-order chi connectivity index (χ1) is 12.9. The molecule has 2 aromatic rings. The van der Waals surface area contributed by atoms with Crippen LogP contribution in [0.25, 0.3) is 0 Å². The number of alkyl halides is 3. The molecular weight excluding hydrogens is 502 g/mol. The number of fused-ring (bicyclic) bond motifs is 1. The van der Waals surface area contributed by atoms with Crippen LogP contribution in [0.3, 0.4) is 0 Å². The first-order valence-corrected chi connectivity index (χ1v) is 9.57. The molecule has 3 rings (SSSR count). The first-order valence-electron chi connectivity index (χ1n) is 8.69. The fraction of sp³-hybridized carbons (Fsp3) is 0.444. The highest BCUT2D eigenvalue weighted by molar-refractivity contribution is 14.0. The van der Waals surface area contributed by atoms with Crippen LogP contribution in [0.1, 0.15) is 23.2 Å². The van der Waals surface area contributed by atoms with E-state index in [1.54, 1.807) is 7.05 Å². The van der Waals surface area contributed by atoms with Crippen molar-refractivity contribution in [2.24, 2.45) is 4.99 Å². The summed E-state index contributed by atoms with van der Waals surface area (Å²) in [6.45, 7) is 3.88. The largest absolute Gasteiger partial charge is 0.434 e. The Hall–Kier alpha value is -1.56. The van der Waals surface area contributed by atoms with E-state index in [1.807, 2.05) is 6.07 Å². The molecule has 1 aliphatic heterocycles. The number of hydrogen-bond acceptors (Lipinski definition) is 4. The lowest BCUT2D eigenvalue weighted by molar-refractivity contribution is -0.140. The van der Waals surface area contributed by atoms with E-state index >= 15 is 0 Å². The molecule has 28 heavy (non-hydrogen) atoms. The highest BCUT2D eigenvalue weighted by Crippen LogP contribution is 2.31. The van der Waals surface area contributed by atoms with Crippen LogP contribution in [0, 0.1) is 0 Å². The van der Waals surface area contributed by atoms with E-state index in [0.717, 1.165) is 29.7 Å². The number of halogens is 4. The van der Waals surface area contributed by atoms with Gasteiger partial charge in [0.15, 0.2) is 11.7 Å². The summed E-state index contributed by atoms with van der Waals surface area (Å²) >= 11 is 0.981. The summed E-state index contributed by atoms with van der Waals surface area (Å²) in [6.07, 6.45) is -3.37. The van der Waals surface area contributed by atoms with Gasteiger partial charge in [0.1, 0.15) is 5.01 Å². The molecule has 154 valence electrons. The summed E-state index contributed by atoms with van der Waals surface area (Å²) in [6, 6.07) is 8.83. The minimum atomic E-state index is -4.41. The fourth-order valence-corrected chi connectivity index (χ4v) is 3.91. The Morgan fingerprint density at radius 2 is 2.07 bits per heavy atom. The molecular formula is C18H23F3IN5S. The Balaban J connectivity index is 0.00000280. The van der Waals surface area contributed by atoms with Crippen molar-refractivity contribution in [3.8, 4) is 0 Å². The Morgan fingerprint density at radius 1 is 1.32 bits per heavy atom. The van der Waals surface area contributed by atoms with Gasteiger partial charge in [-0.3, -0.25) is 4.99 Å². The van der Waals surface area contributed by atoms with Crippen LogP contribution in [0.4, 0.5) is 18.9 Å². The second-order valence-corrected chi connectivity index (χ2v) is 7.29. The standard InChI is InChI=1S/C18H22F3N5S.HI/c1-12-9-13-5-3-4-6-14(13)26(12)8-7-23-17(22-2)24-10-16-25-15(11-27-16)18(19,20)21;/h3-6,11-12H,7-10H2,1-2H3,(H2,22,23,24);1H. The van der Waals surface area contributed by atoms with Crippen molar-refractivity contribution < 1.29 is 13.2 Å². The number of nitrogens with zero attached hydrogens (tertiary/aromatic N) is 3. The molecule has 2 heterocycles. The molecule has 0 amide bonds. The van der Waals surface area contributed by atoms with E-state index in [-0.39, 0.29) is 30.5 Å². The highest BCUT2D eigenvalue weighted by Gasteiger charge is 2.33. The van der Waals surface area contributed by atoms with Crippen LogP contribution >= 0.6 is 35.3 Å². The van der Waals surface area contributed by atoms with Gasteiger partial charge in [-0.25, -0.2) is 4.98 Å².